The molecule has 0 radical (unpaired) electrons. The molecule has 2 aromatic carbocycles. The van der Waals surface area contributed by atoms with Gasteiger partial charge in [-0.3, -0.25) is 4.79 Å². The normalized spacial score (nSPS) is 12.2. The van der Waals surface area contributed by atoms with Crippen molar-refractivity contribution in [2.75, 3.05) is 13.1 Å². The number of aromatic amines is 1. The van der Waals surface area contributed by atoms with Gasteiger partial charge in [-0.25, -0.2) is 0 Å². The van der Waals surface area contributed by atoms with Crippen LogP contribution in [0.1, 0.15) is 30.6 Å². The molecule has 0 amide bonds. The predicted octanol–water partition coefficient (Wildman–Crippen LogP) is 3.14. The van der Waals surface area contributed by atoms with Gasteiger partial charge in [-0.15, -0.1) is 0 Å². The molecule has 0 spiro atoms. The van der Waals surface area contributed by atoms with Crippen LogP contribution < -0.4 is 15.6 Å². The summed E-state index contributed by atoms with van der Waals surface area (Å²) in [6.07, 6.45) is 0.352. The maximum Gasteiger partial charge on any atom is 0.248 e. The summed E-state index contributed by atoms with van der Waals surface area (Å²) in [4.78, 5) is 14.7. The molecule has 3 N–H and O–H groups in total. The van der Waals surface area contributed by atoms with Crippen molar-refractivity contribution in [3.63, 3.8) is 0 Å². The first-order chi connectivity index (χ1) is 12.7. The average molecular weight is 352 g/mol. The van der Waals surface area contributed by atoms with Gasteiger partial charge in [-0.2, -0.15) is 0 Å². The van der Waals surface area contributed by atoms with Gasteiger partial charge in [0.2, 0.25) is 5.56 Å². The van der Waals surface area contributed by atoms with Gasteiger partial charge in [-0.05, 0) is 36.2 Å². The number of aliphatic hydroxyl groups is 1. The molecular formula is C21H24N2O3. The predicted molar refractivity (Wildman–Crippen MR) is 103 cm³/mol. The number of rotatable bonds is 8. The van der Waals surface area contributed by atoms with E-state index in [1.54, 1.807) is 12.1 Å². The monoisotopic (exact) mass is 352 g/mol. The van der Waals surface area contributed by atoms with Crippen molar-refractivity contribution in [1.82, 2.24) is 10.3 Å². The average Bonchev–Trinajstić information content (AvgIpc) is 2.67. The fraction of sp³-hybridized carbons (Fsp3) is 0.286. The first kappa shape index (κ1) is 18.2. The maximum absolute atomic E-state index is 11.8. The lowest BCUT2D eigenvalue weighted by molar-refractivity contribution is 0.176. The molecule has 0 saturated heterocycles. The van der Waals surface area contributed by atoms with Crippen molar-refractivity contribution in [2.45, 2.75) is 26.1 Å². The number of H-pyrrole nitrogens is 1. The van der Waals surface area contributed by atoms with Crippen LogP contribution in [-0.2, 0) is 6.61 Å². The minimum atomic E-state index is -0.655. The smallest absolute Gasteiger partial charge is 0.248 e. The summed E-state index contributed by atoms with van der Waals surface area (Å²) in [5, 5.41) is 14.5. The van der Waals surface area contributed by atoms with Crippen molar-refractivity contribution in [1.29, 1.82) is 0 Å². The Labute approximate surface area is 152 Å². The zero-order chi connectivity index (χ0) is 18.4. The number of benzene rings is 2. The van der Waals surface area contributed by atoms with Crippen molar-refractivity contribution in [2.24, 2.45) is 0 Å². The highest BCUT2D eigenvalue weighted by Crippen LogP contribution is 2.30. The highest BCUT2D eigenvalue weighted by Gasteiger charge is 2.14. The van der Waals surface area contributed by atoms with Crippen molar-refractivity contribution in [3.05, 3.63) is 76.1 Å². The standard InChI is InChI=1S/C21H24N2O3/c1-2-12-22-13-18(24)16-8-10-19(21-17(16)9-11-20(25)23-21)26-14-15-6-4-3-5-7-15/h3-11,18,22,24H,2,12-14H2,1H3,(H,23,25). The summed E-state index contributed by atoms with van der Waals surface area (Å²) in [5.74, 6) is 0.596. The Hall–Kier alpha value is -2.63. The third-order valence-electron chi connectivity index (χ3n) is 4.25. The Morgan fingerprint density at radius 2 is 1.92 bits per heavy atom. The van der Waals surface area contributed by atoms with E-state index in [9.17, 15) is 9.90 Å². The molecule has 0 fully saturated rings. The molecule has 0 saturated carbocycles. The Kier molecular flexibility index (Phi) is 6.04. The van der Waals surface area contributed by atoms with Gasteiger partial charge < -0.3 is 20.1 Å². The first-order valence-corrected chi connectivity index (χ1v) is 8.90. The molecule has 0 bridgehead atoms. The lowest BCUT2D eigenvalue weighted by atomic mass is 10.0. The van der Waals surface area contributed by atoms with Gasteiger partial charge in [0, 0.05) is 18.0 Å². The fourth-order valence-corrected chi connectivity index (χ4v) is 2.92. The molecule has 3 rings (SSSR count). The summed E-state index contributed by atoms with van der Waals surface area (Å²) in [6, 6.07) is 16.7. The second-order valence-electron chi connectivity index (χ2n) is 6.26. The molecule has 5 nitrogen and oxygen atoms in total. The molecule has 26 heavy (non-hydrogen) atoms. The molecule has 5 heteroatoms. The molecule has 1 aromatic heterocycles. The SMILES string of the molecule is CCCNCC(O)c1ccc(OCc2ccccc2)c2[nH]c(=O)ccc12. The Bertz CT molecular complexity index is 906. The van der Waals surface area contributed by atoms with E-state index in [2.05, 4.69) is 17.2 Å². The summed E-state index contributed by atoms with van der Waals surface area (Å²) in [7, 11) is 0. The summed E-state index contributed by atoms with van der Waals surface area (Å²) in [5.41, 5.74) is 2.23. The van der Waals surface area contributed by atoms with Crippen LogP contribution in [0.25, 0.3) is 10.9 Å². The van der Waals surface area contributed by atoms with Gasteiger partial charge in [0.05, 0.1) is 11.6 Å². The number of aliphatic hydroxyl groups excluding tert-OH is 1. The zero-order valence-corrected chi connectivity index (χ0v) is 14.9. The maximum atomic E-state index is 11.8. The molecule has 1 heterocycles. The van der Waals surface area contributed by atoms with E-state index in [-0.39, 0.29) is 5.56 Å². The fourth-order valence-electron chi connectivity index (χ4n) is 2.92. The van der Waals surface area contributed by atoms with Gasteiger partial charge in [0.25, 0.3) is 0 Å². The molecular weight excluding hydrogens is 328 g/mol. The lowest BCUT2D eigenvalue weighted by Crippen LogP contribution is -2.22. The van der Waals surface area contributed by atoms with E-state index in [0.717, 1.165) is 29.5 Å². The second-order valence-corrected chi connectivity index (χ2v) is 6.26. The zero-order valence-electron chi connectivity index (χ0n) is 14.9. The van der Waals surface area contributed by atoms with Crippen LogP contribution in [0, 0.1) is 0 Å². The topological polar surface area (TPSA) is 74.3 Å². The summed E-state index contributed by atoms with van der Waals surface area (Å²) in [6.45, 7) is 3.81. The number of hydrogen-bond acceptors (Lipinski definition) is 4. The van der Waals surface area contributed by atoms with Crippen LogP contribution in [0.5, 0.6) is 5.75 Å². The number of aromatic nitrogens is 1. The van der Waals surface area contributed by atoms with Crippen LogP contribution in [0.4, 0.5) is 0 Å². The third-order valence-corrected chi connectivity index (χ3v) is 4.25. The van der Waals surface area contributed by atoms with Gasteiger partial charge in [0.15, 0.2) is 0 Å². The van der Waals surface area contributed by atoms with Crippen molar-refractivity contribution < 1.29 is 9.84 Å². The molecule has 1 unspecified atom stereocenters. The van der Waals surface area contributed by atoms with E-state index in [0.29, 0.717) is 24.4 Å². The summed E-state index contributed by atoms with van der Waals surface area (Å²) < 4.78 is 5.93. The Morgan fingerprint density at radius 1 is 1.12 bits per heavy atom. The van der Waals surface area contributed by atoms with Gasteiger partial charge >= 0.3 is 0 Å². The molecule has 0 aliphatic heterocycles. The largest absolute Gasteiger partial charge is 0.487 e. The van der Waals surface area contributed by atoms with Crippen LogP contribution in [0.15, 0.2) is 59.4 Å². The van der Waals surface area contributed by atoms with E-state index in [1.807, 2.05) is 36.4 Å². The molecule has 0 aliphatic carbocycles. The number of fused-ring (bicyclic) bond motifs is 1. The molecule has 0 aliphatic rings. The van der Waals surface area contributed by atoms with Crippen LogP contribution >= 0.6 is 0 Å². The minimum absolute atomic E-state index is 0.196. The van der Waals surface area contributed by atoms with E-state index >= 15 is 0 Å². The van der Waals surface area contributed by atoms with Crippen LogP contribution in [0.2, 0.25) is 0 Å². The lowest BCUT2D eigenvalue weighted by Gasteiger charge is -2.16. The molecule has 136 valence electrons. The Balaban J connectivity index is 1.89. The number of hydrogen-bond donors (Lipinski definition) is 3. The van der Waals surface area contributed by atoms with Crippen molar-refractivity contribution in [3.8, 4) is 5.75 Å². The van der Waals surface area contributed by atoms with E-state index in [4.69, 9.17) is 4.74 Å². The highest BCUT2D eigenvalue weighted by atomic mass is 16.5. The van der Waals surface area contributed by atoms with Gasteiger partial charge in [-0.1, -0.05) is 43.3 Å². The van der Waals surface area contributed by atoms with E-state index < -0.39 is 6.10 Å². The first-order valence-electron chi connectivity index (χ1n) is 8.90. The van der Waals surface area contributed by atoms with Crippen LogP contribution in [-0.4, -0.2) is 23.2 Å². The molecule has 1 atom stereocenters. The minimum Gasteiger partial charge on any atom is -0.487 e. The van der Waals surface area contributed by atoms with E-state index in [1.165, 1.54) is 6.07 Å². The number of ether oxygens (including phenoxy) is 1. The summed E-state index contributed by atoms with van der Waals surface area (Å²) >= 11 is 0. The highest BCUT2D eigenvalue weighted by molar-refractivity contribution is 5.87. The second kappa shape index (κ2) is 8.65. The number of nitrogens with one attached hydrogen (secondary N) is 2. The molecule has 3 aromatic rings. The quantitative estimate of drug-likeness (QED) is 0.545. The Morgan fingerprint density at radius 3 is 2.69 bits per heavy atom. The third kappa shape index (κ3) is 4.31. The van der Waals surface area contributed by atoms with Crippen LogP contribution in [0.3, 0.4) is 0 Å². The van der Waals surface area contributed by atoms with Gasteiger partial charge in [0.1, 0.15) is 12.4 Å². The number of pyridine rings is 1. The van der Waals surface area contributed by atoms with Crippen molar-refractivity contribution >= 4 is 10.9 Å².